The molecule has 0 aliphatic heterocycles. The fraction of sp³-hybridized carbons (Fsp3) is 0.462. The highest BCUT2D eigenvalue weighted by molar-refractivity contribution is 5.35. The average Bonchev–Trinajstić information content (AvgIpc) is 2.88. The van der Waals surface area contributed by atoms with E-state index in [4.69, 9.17) is 9.15 Å². The van der Waals surface area contributed by atoms with E-state index in [1.54, 1.807) is 7.05 Å². The van der Waals surface area contributed by atoms with Gasteiger partial charge in [0.1, 0.15) is 11.5 Å². The lowest BCUT2D eigenvalue weighted by Crippen LogP contribution is -2.09. The molecule has 108 valence electrons. The number of aromatic nitrogens is 3. The Kier molecular flexibility index (Phi) is 4.75. The van der Waals surface area contributed by atoms with E-state index in [2.05, 4.69) is 25.6 Å². The Balaban J connectivity index is 2.05. The van der Waals surface area contributed by atoms with Crippen molar-refractivity contribution in [3.63, 3.8) is 0 Å². The van der Waals surface area contributed by atoms with Crippen LogP contribution in [0.4, 0.5) is 11.9 Å². The molecule has 2 N–H and O–H groups in total. The molecule has 0 amide bonds. The Bertz CT molecular complexity index is 555. The van der Waals surface area contributed by atoms with Gasteiger partial charge in [0.2, 0.25) is 11.9 Å². The number of furan rings is 1. The molecule has 0 unspecified atom stereocenters. The van der Waals surface area contributed by atoms with E-state index in [0.29, 0.717) is 31.1 Å². The molecule has 0 spiro atoms. The van der Waals surface area contributed by atoms with Crippen molar-refractivity contribution >= 4 is 11.9 Å². The summed E-state index contributed by atoms with van der Waals surface area (Å²) in [5, 5.41) is 5.97. The van der Waals surface area contributed by atoms with E-state index in [1.165, 1.54) is 0 Å². The molecule has 0 aliphatic rings. The molecule has 0 saturated carbocycles. The number of rotatable bonds is 7. The minimum Gasteiger partial charge on any atom is -0.465 e. The van der Waals surface area contributed by atoms with Crippen molar-refractivity contribution in [2.24, 2.45) is 0 Å². The van der Waals surface area contributed by atoms with Crippen LogP contribution >= 0.6 is 0 Å². The maximum Gasteiger partial charge on any atom is 0.323 e. The molecule has 0 fully saturated rings. The first-order valence-corrected chi connectivity index (χ1v) is 6.57. The quantitative estimate of drug-likeness (QED) is 0.802. The summed E-state index contributed by atoms with van der Waals surface area (Å²) >= 11 is 0. The molecule has 7 heteroatoms. The van der Waals surface area contributed by atoms with Gasteiger partial charge in [-0.15, -0.1) is 0 Å². The summed E-state index contributed by atoms with van der Waals surface area (Å²) in [5.74, 6) is 2.61. The number of hydrogen-bond donors (Lipinski definition) is 2. The van der Waals surface area contributed by atoms with Gasteiger partial charge in [-0.3, -0.25) is 0 Å². The van der Waals surface area contributed by atoms with Gasteiger partial charge in [-0.25, -0.2) is 0 Å². The Hall–Kier alpha value is -2.31. The highest BCUT2D eigenvalue weighted by Gasteiger charge is 2.07. The number of aryl methyl sites for hydroxylation is 1. The second-order valence-electron chi connectivity index (χ2n) is 4.23. The van der Waals surface area contributed by atoms with Crippen LogP contribution < -0.4 is 15.4 Å². The van der Waals surface area contributed by atoms with Crippen LogP contribution in [0.3, 0.4) is 0 Å². The third kappa shape index (κ3) is 3.84. The van der Waals surface area contributed by atoms with Gasteiger partial charge < -0.3 is 19.8 Å². The summed E-state index contributed by atoms with van der Waals surface area (Å²) in [4.78, 5) is 12.5. The Morgan fingerprint density at radius 3 is 2.65 bits per heavy atom. The highest BCUT2D eigenvalue weighted by Crippen LogP contribution is 2.13. The zero-order chi connectivity index (χ0) is 14.4. The number of nitrogens with one attached hydrogen (secondary N) is 2. The topological polar surface area (TPSA) is 85.1 Å². The first kappa shape index (κ1) is 14.1. The Labute approximate surface area is 117 Å². The van der Waals surface area contributed by atoms with E-state index in [1.807, 2.05) is 26.0 Å². The van der Waals surface area contributed by atoms with Gasteiger partial charge >= 0.3 is 6.01 Å². The summed E-state index contributed by atoms with van der Waals surface area (Å²) < 4.78 is 10.9. The standard InChI is InChI=1S/C13H19N5O2/c1-4-7-19-13-17-11(14-3)16-12(18-13)15-8-10-6-5-9(2)20-10/h5-6H,4,7-8H2,1-3H3,(H2,14,15,16,17,18). The molecule has 2 aromatic heterocycles. The van der Waals surface area contributed by atoms with Crippen LogP contribution in [0.5, 0.6) is 6.01 Å². The Morgan fingerprint density at radius 2 is 2.00 bits per heavy atom. The molecule has 0 aromatic carbocycles. The molecule has 2 heterocycles. The maximum atomic E-state index is 5.48. The summed E-state index contributed by atoms with van der Waals surface area (Å²) in [6.45, 7) is 5.01. The fourth-order valence-electron chi connectivity index (χ4n) is 1.55. The third-order valence-corrected chi connectivity index (χ3v) is 2.49. The van der Waals surface area contributed by atoms with Gasteiger partial charge in [-0.1, -0.05) is 6.92 Å². The maximum absolute atomic E-state index is 5.48. The van der Waals surface area contributed by atoms with Crippen LogP contribution in [0.2, 0.25) is 0 Å². The second kappa shape index (κ2) is 6.74. The summed E-state index contributed by atoms with van der Waals surface area (Å²) in [6, 6.07) is 4.14. The van der Waals surface area contributed by atoms with E-state index in [-0.39, 0.29) is 0 Å². The summed E-state index contributed by atoms with van der Waals surface area (Å²) in [5.41, 5.74) is 0. The molecule has 0 atom stereocenters. The molecule has 0 saturated heterocycles. The summed E-state index contributed by atoms with van der Waals surface area (Å²) in [7, 11) is 1.75. The monoisotopic (exact) mass is 277 g/mol. The smallest absolute Gasteiger partial charge is 0.323 e. The van der Waals surface area contributed by atoms with Crippen LogP contribution in [0.25, 0.3) is 0 Å². The second-order valence-corrected chi connectivity index (χ2v) is 4.23. The number of nitrogens with zero attached hydrogens (tertiary/aromatic N) is 3. The van der Waals surface area contributed by atoms with Gasteiger partial charge in [-0.2, -0.15) is 15.0 Å². The zero-order valence-electron chi connectivity index (χ0n) is 11.9. The highest BCUT2D eigenvalue weighted by atomic mass is 16.5. The number of anilines is 2. The van der Waals surface area contributed by atoms with E-state index in [0.717, 1.165) is 17.9 Å². The lowest BCUT2D eigenvalue weighted by Gasteiger charge is -2.08. The SMILES string of the molecule is CCCOc1nc(NC)nc(NCc2ccc(C)o2)n1. The average molecular weight is 277 g/mol. The molecular formula is C13H19N5O2. The normalized spacial score (nSPS) is 10.3. The minimum atomic E-state index is 0.310. The van der Waals surface area contributed by atoms with E-state index in [9.17, 15) is 0 Å². The molecule has 2 rings (SSSR count). The van der Waals surface area contributed by atoms with Crippen molar-refractivity contribution in [1.82, 2.24) is 15.0 Å². The van der Waals surface area contributed by atoms with E-state index < -0.39 is 0 Å². The largest absolute Gasteiger partial charge is 0.465 e. The van der Waals surface area contributed by atoms with Gasteiger partial charge in [0, 0.05) is 7.05 Å². The zero-order valence-corrected chi connectivity index (χ0v) is 11.9. The van der Waals surface area contributed by atoms with Gasteiger partial charge in [0.25, 0.3) is 0 Å². The van der Waals surface area contributed by atoms with Crippen molar-refractivity contribution in [1.29, 1.82) is 0 Å². The predicted octanol–water partition coefficient (Wildman–Crippen LogP) is 2.22. The molecule has 0 bridgehead atoms. The van der Waals surface area contributed by atoms with Crippen LogP contribution in [0.15, 0.2) is 16.5 Å². The van der Waals surface area contributed by atoms with Crippen molar-refractivity contribution in [3.8, 4) is 6.01 Å². The van der Waals surface area contributed by atoms with Gasteiger partial charge in [0.05, 0.1) is 13.2 Å². The fourth-order valence-corrected chi connectivity index (χ4v) is 1.55. The molecule has 7 nitrogen and oxygen atoms in total. The van der Waals surface area contributed by atoms with Gasteiger partial charge in [0.15, 0.2) is 0 Å². The van der Waals surface area contributed by atoms with Gasteiger partial charge in [-0.05, 0) is 25.5 Å². The lowest BCUT2D eigenvalue weighted by molar-refractivity contribution is 0.292. The molecular weight excluding hydrogens is 258 g/mol. The molecule has 0 radical (unpaired) electrons. The molecule has 0 aliphatic carbocycles. The Morgan fingerprint density at radius 1 is 1.20 bits per heavy atom. The van der Waals surface area contributed by atoms with E-state index >= 15 is 0 Å². The minimum absolute atomic E-state index is 0.310. The van der Waals surface area contributed by atoms with Crippen LogP contribution in [-0.2, 0) is 6.54 Å². The van der Waals surface area contributed by atoms with Crippen molar-refractivity contribution < 1.29 is 9.15 Å². The summed E-state index contributed by atoms with van der Waals surface area (Å²) in [6.07, 6.45) is 0.898. The van der Waals surface area contributed by atoms with Crippen LogP contribution in [0.1, 0.15) is 24.9 Å². The first-order valence-electron chi connectivity index (χ1n) is 6.57. The third-order valence-electron chi connectivity index (χ3n) is 2.49. The van der Waals surface area contributed by atoms with Crippen molar-refractivity contribution in [3.05, 3.63) is 23.7 Å². The van der Waals surface area contributed by atoms with Crippen LogP contribution in [0, 0.1) is 6.92 Å². The van der Waals surface area contributed by atoms with Crippen LogP contribution in [-0.4, -0.2) is 28.6 Å². The first-order chi connectivity index (χ1) is 9.71. The van der Waals surface area contributed by atoms with Crippen molar-refractivity contribution in [2.75, 3.05) is 24.3 Å². The molecule has 2 aromatic rings. The van der Waals surface area contributed by atoms with Crippen molar-refractivity contribution in [2.45, 2.75) is 26.8 Å². The predicted molar refractivity (Wildman–Crippen MR) is 75.9 cm³/mol. The number of hydrogen-bond acceptors (Lipinski definition) is 7. The molecule has 20 heavy (non-hydrogen) atoms. The number of ether oxygens (including phenoxy) is 1. The lowest BCUT2D eigenvalue weighted by atomic mass is 10.4.